The van der Waals surface area contributed by atoms with Crippen LogP contribution in [0.2, 0.25) is 0 Å². The average Bonchev–Trinajstić information content (AvgIpc) is 3.11. The van der Waals surface area contributed by atoms with Crippen LogP contribution in [0.5, 0.6) is 0 Å². The highest BCUT2D eigenvalue weighted by atomic mass is 32.1. The highest BCUT2D eigenvalue weighted by molar-refractivity contribution is 7.09. The summed E-state index contributed by atoms with van der Waals surface area (Å²) in [6.45, 7) is 4.72. The van der Waals surface area contributed by atoms with E-state index in [-0.39, 0.29) is 0 Å². The maximum Gasteiger partial charge on any atom is 0.223 e. The van der Waals surface area contributed by atoms with Gasteiger partial charge in [-0.05, 0) is 19.4 Å². The van der Waals surface area contributed by atoms with Crippen molar-refractivity contribution < 1.29 is 0 Å². The quantitative estimate of drug-likeness (QED) is 0.784. The van der Waals surface area contributed by atoms with Gasteiger partial charge in [0.1, 0.15) is 5.01 Å². The molecular weight excluding hydrogens is 296 g/mol. The number of hydrogen-bond acceptors (Lipinski definition) is 6. The molecule has 0 fully saturated rings. The fraction of sp³-hybridized carbons (Fsp3) is 0.333. The number of aromatic nitrogens is 5. The van der Waals surface area contributed by atoms with Gasteiger partial charge in [0.2, 0.25) is 5.95 Å². The zero-order chi connectivity index (χ0) is 15.5. The Labute approximate surface area is 133 Å². The molecule has 0 saturated carbocycles. The maximum atomic E-state index is 4.56. The summed E-state index contributed by atoms with van der Waals surface area (Å²) in [5.41, 5.74) is 3.98. The Balaban J connectivity index is 1.75. The fourth-order valence-corrected chi connectivity index (χ4v) is 3.01. The van der Waals surface area contributed by atoms with Crippen LogP contribution >= 0.6 is 11.3 Å². The van der Waals surface area contributed by atoms with Crippen LogP contribution in [0.15, 0.2) is 23.8 Å². The molecule has 3 heterocycles. The molecule has 0 unspecified atom stereocenters. The monoisotopic (exact) mass is 314 g/mol. The number of aryl methyl sites for hydroxylation is 3. The Hall–Kier alpha value is -2.28. The molecule has 0 aliphatic carbocycles. The second-order valence-corrected chi connectivity index (χ2v) is 5.95. The lowest BCUT2D eigenvalue weighted by atomic mass is 10.2. The smallest absolute Gasteiger partial charge is 0.223 e. The van der Waals surface area contributed by atoms with E-state index >= 15 is 0 Å². The predicted octanol–water partition coefficient (Wildman–Crippen LogP) is 2.82. The van der Waals surface area contributed by atoms with Crippen LogP contribution in [0.4, 0.5) is 5.95 Å². The van der Waals surface area contributed by atoms with Gasteiger partial charge in [0, 0.05) is 30.4 Å². The third-order valence-electron chi connectivity index (χ3n) is 3.30. The second kappa shape index (κ2) is 6.23. The summed E-state index contributed by atoms with van der Waals surface area (Å²) >= 11 is 1.66. The molecule has 0 saturated heterocycles. The summed E-state index contributed by atoms with van der Waals surface area (Å²) in [4.78, 5) is 13.4. The predicted molar refractivity (Wildman–Crippen MR) is 87.8 cm³/mol. The minimum absolute atomic E-state index is 0.606. The molecule has 7 heteroatoms. The molecule has 0 aliphatic rings. The molecule has 6 nitrogen and oxygen atoms in total. The van der Waals surface area contributed by atoms with Crippen LogP contribution in [0, 0.1) is 6.92 Å². The Bertz CT molecular complexity index is 776. The first kappa shape index (κ1) is 14.6. The maximum absolute atomic E-state index is 4.56. The zero-order valence-electron chi connectivity index (χ0n) is 12.9. The molecule has 0 bridgehead atoms. The van der Waals surface area contributed by atoms with E-state index in [9.17, 15) is 0 Å². The highest BCUT2D eigenvalue weighted by Crippen LogP contribution is 2.20. The molecule has 3 aromatic rings. The largest absolute Gasteiger partial charge is 0.348 e. The topological polar surface area (TPSA) is 68.5 Å². The Morgan fingerprint density at radius 3 is 2.86 bits per heavy atom. The molecule has 22 heavy (non-hydrogen) atoms. The van der Waals surface area contributed by atoms with Gasteiger partial charge in [-0.2, -0.15) is 5.10 Å². The van der Waals surface area contributed by atoms with Gasteiger partial charge in [-0.15, -0.1) is 11.3 Å². The van der Waals surface area contributed by atoms with E-state index in [1.54, 1.807) is 22.2 Å². The van der Waals surface area contributed by atoms with Crippen molar-refractivity contribution in [1.82, 2.24) is 24.7 Å². The van der Waals surface area contributed by atoms with Gasteiger partial charge in [-0.3, -0.25) is 4.68 Å². The van der Waals surface area contributed by atoms with Crippen molar-refractivity contribution in [2.75, 3.05) is 5.32 Å². The third-order valence-corrected chi connectivity index (χ3v) is 4.20. The van der Waals surface area contributed by atoms with Crippen LogP contribution in [-0.4, -0.2) is 24.7 Å². The molecular formula is C15H18N6S. The molecule has 0 atom stereocenters. The van der Waals surface area contributed by atoms with Crippen LogP contribution in [0.25, 0.3) is 11.3 Å². The molecule has 0 spiro atoms. The van der Waals surface area contributed by atoms with Crippen LogP contribution in [0.3, 0.4) is 0 Å². The van der Waals surface area contributed by atoms with Crippen LogP contribution in [-0.2, 0) is 20.0 Å². The third kappa shape index (κ3) is 3.14. The van der Waals surface area contributed by atoms with E-state index in [0.29, 0.717) is 12.5 Å². The van der Waals surface area contributed by atoms with E-state index in [2.05, 4.69) is 37.7 Å². The van der Waals surface area contributed by atoms with Crippen LogP contribution < -0.4 is 5.32 Å². The van der Waals surface area contributed by atoms with Gasteiger partial charge in [0.25, 0.3) is 0 Å². The van der Waals surface area contributed by atoms with Gasteiger partial charge in [-0.25, -0.2) is 15.0 Å². The summed E-state index contributed by atoms with van der Waals surface area (Å²) in [6.07, 6.45) is 4.69. The summed E-state index contributed by atoms with van der Waals surface area (Å²) in [5, 5.41) is 10.7. The van der Waals surface area contributed by atoms with E-state index < -0.39 is 0 Å². The lowest BCUT2D eigenvalue weighted by Gasteiger charge is -2.04. The molecule has 0 amide bonds. The number of hydrogen-bond donors (Lipinski definition) is 1. The number of nitrogens with zero attached hydrogens (tertiary/aromatic N) is 5. The number of anilines is 1. The SMILES string of the molecule is CCc1csc(CNc2nccc(-c3cn(C)nc3C)n2)n1. The minimum Gasteiger partial charge on any atom is -0.348 e. The number of thiazole rings is 1. The Morgan fingerprint density at radius 1 is 1.32 bits per heavy atom. The number of nitrogens with one attached hydrogen (secondary N) is 1. The second-order valence-electron chi connectivity index (χ2n) is 5.01. The van der Waals surface area contributed by atoms with Crippen molar-refractivity contribution in [2.45, 2.75) is 26.8 Å². The van der Waals surface area contributed by atoms with E-state index in [1.807, 2.05) is 26.2 Å². The first-order valence-corrected chi connectivity index (χ1v) is 8.04. The van der Waals surface area contributed by atoms with E-state index in [4.69, 9.17) is 0 Å². The zero-order valence-corrected chi connectivity index (χ0v) is 13.7. The summed E-state index contributed by atoms with van der Waals surface area (Å²) in [6, 6.07) is 1.90. The van der Waals surface area contributed by atoms with Gasteiger partial charge in [0.05, 0.1) is 23.6 Å². The van der Waals surface area contributed by atoms with Crippen molar-refractivity contribution in [3.8, 4) is 11.3 Å². The minimum atomic E-state index is 0.606. The molecule has 1 N–H and O–H groups in total. The summed E-state index contributed by atoms with van der Waals surface area (Å²) < 4.78 is 1.79. The van der Waals surface area contributed by atoms with Gasteiger partial charge < -0.3 is 5.32 Å². The van der Waals surface area contributed by atoms with Crippen LogP contribution in [0.1, 0.15) is 23.3 Å². The number of rotatable bonds is 5. The first-order valence-electron chi connectivity index (χ1n) is 7.16. The van der Waals surface area contributed by atoms with Crippen molar-refractivity contribution in [2.24, 2.45) is 7.05 Å². The standard InChI is InChI=1S/C15H18N6S/c1-4-11-9-22-14(18-11)7-17-15-16-6-5-13(19-15)12-8-21(3)20-10(12)2/h5-6,8-9H,4,7H2,1-3H3,(H,16,17,19). The fourth-order valence-electron chi connectivity index (χ4n) is 2.19. The molecule has 3 aromatic heterocycles. The van der Waals surface area contributed by atoms with Gasteiger partial charge >= 0.3 is 0 Å². The highest BCUT2D eigenvalue weighted by Gasteiger charge is 2.09. The Kier molecular flexibility index (Phi) is 4.15. The average molecular weight is 314 g/mol. The lowest BCUT2D eigenvalue weighted by Crippen LogP contribution is -2.04. The summed E-state index contributed by atoms with van der Waals surface area (Å²) in [5.74, 6) is 0.606. The van der Waals surface area contributed by atoms with Crippen molar-refractivity contribution >= 4 is 17.3 Å². The normalized spacial score (nSPS) is 10.9. The van der Waals surface area contributed by atoms with Gasteiger partial charge in [0.15, 0.2) is 0 Å². The summed E-state index contributed by atoms with van der Waals surface area (Å²) in [7, 11) is 1.91. The first-order chi connectivity index (χ1) is 10.7. The molecule has 114 valence electrons. The Morgan fingerprint density at radius 2 is 2.18 bits per heavy atom. The molecule has 0 aliphatic heterocycles. The lowest BCUT2D eigenvalue weighted by molar-refractivity contribution is 0.756. The van der Waals surface area contributed by atoms with Crippen molar-refractivity contribution in [3.63, 3.8) is 0 Å². The molecule has 0 aromatic carbocycles. The molecule has 0 radical (unpaired) electrons. The molecule has 3 rings (SSSR count). The van der Waals surface area contributed by atoms with Crippen molar-refractivity contribution in [3.05, 3.63) is 40.2 Å². The van der Waals surface area contributed by atoms with E-state index in [0.717, 1.165) is 34.1 Å². The van der Waals surface area contributed by atoms with Gasteiger partial charge in [-0.1, -0.05) is 6.92 Å². The van der Waals surface area contributed by atoms with E-state index in [1.165, 1.54) is 0 Å². The van der Waals surface area contributed by atoms with Crippen molar-refractivity contribution in [1.29, 1.82) is 0 Å².